The molecule has 1 N–H and O–H groups in total. The summed E-state index contributed by atoms with van der Waals surface area (Å²) in [5.41, 5.74) is 1.05. The Kier molecular flexibility index (Phi) is 5.00. The molecule has 1 aromatic carbocycles. The molecule has 0 saturated heterocycles. The number of carbonyl (C=O) groups excluding carboxylic acids is 4. The molecule has 0 aromatic heterocycles. The Morgan fingerprint density at radius 1 is 0.933 bits per heavy atom. The number of carbonyl (C=O) groups is 4. The van der Waals surface area contributed by atoms with Gasteiger partial charge in [0.25, 0.3) is 5.91 Å². The third-order valence-electron chi connectivity index (χ3n) is 5.37. The third-order valence-corrected chi connectivity index (χ3v) is 5.37. The maximum atomic E-state index is 12.8. The van der Waals surface area contributed by atoms with Gasteiger partial charge in [0.05, 0.1) is 6.04 Å². The summed E-state index contributed by atoms with van der Waals surface area (Å²) in [6, 6.07) is 2.63. The zero-order chi connectivity index (χ0) is 21.6. The summed E-state index contributed by atoms with van der Waals surface area (Å²) in [4.78, 5) is 48.0. The molecule has 2 aliphatic heterocycles. The minimum absolute atomic E-state index is 0.0502. The largest absolute Gasteiger partial charge is 0.458 e. The summed E-state index contributed by atoms with van der Waals surface area (Å²) in [5, 5.41) is 2.85. The Hall–Kier alpha value is -3.30. The van der Waals surface area contributed by atoms with Crippen LogP contribution in [-0.2, 0) is 28.6 Å². The van der Waals surface area contributed by atoms with Crippen LogP contribution in [0.1, 0.15) is 49.0 Å². The number of benzene rings is 1. The number of nitrogens with one attached hydrogen (secondary N) is 1. The van der Waals surface area contributed by atoms with E-state index in [-0.39, 0.29) is 25.0 Å². The van der Waals surface area contributed by atoms with Crippen LogP contribution >= 0.6 is 0 Å². The zero-order valence-electron chi connectivity index (χ0n) is 16.6. The molecular weight excluding hydrogens is 398 g/mol. The molecule has 160 valence electrons. The Morgan fingerprint density at radius 3 is 2.17 bits per heavy atom. The number of fused-ring (bicyclic) bond motifs is 4. The van der Waals surface area contributed by atoms with Crippen LogP contribution in [0, 0.1) is 0 Å². The van der Waals surface area contributed by atoms with Gasteiger partial charge < -0.3 is 29.0 Å². The lowest BCUT2D eigenvalue weighted by Gasteiger charge is -2.47. The van der Waals surface area contributed by atoms with E-state index in [1.54, 1.807) is 12.1 Å². The van der Waals surface area contributed by atoms with Gasteiger partial charge in [0.2, 0.25) is 6.79 Å². The second-order valence-electron chi connectivity index (χ2n) is 7.43. The molecule has 0 unspecified atom stereocenters. The highest BCUT2D eigenvalue weighted by atomic mass is 16.7. The molecule has 30 heavy (non-hydrogen) atoms. The van der Waals surface area contributed by atoms with Gasteiger partial charge in [-0.05, 0) is 24.1 Å². The maximum Gasteiger partial charge on any atom is 0.303 e. The SMILES string of the molecule is CC(=O)O[C@H]1[C@@H]2NC(=O)c3cc4c(cc3[C@H]2C[C@H](OC(C)=O)[C@H]1OC(C)=O)OCO4. The fourth-order valence-electron chi connectivity index (χ4n) is 4.36. The Balaban J connectivity index is 1.78. The van der Waals surface area contributed by atoms with Gasteiger partial charge in [-0.3, -0.25) is 19.2 Å². The van der Waals surface area contributed by atoms with Crippen molar-refractivity contribution in [1.82, 2.24) is 5.32 Å². The number of hydrogen-bond donors (Lipinski definition) is 1. The van der Waals surface area contributed by atoms with Crippen molar-refractivity contribution in [2.45, 2.75) is 57.5 Å². The van der Waals surface area contributed by atoms with Gasteiger partial charge in [0, 0.05) is 32.3 Å². The van der Waals surface area contributed by atoms with Gasteiger partial charge in [-0.1, -0.05) is 0 Å². The molecular formula is C20H21NO9. The van der Waals surface area contributed by atoms with Crippen molar-refractivity contribution in [3.63, 3.8) is 0 Å². The number of hydrogen-bond acceptors (Lipinski definition) is 9. The van der Waals surface area contributed by atoms with Gasteiger partial charge in [-0.2, -0.15) is 0 Å². The summed E-state index contributed by atoms with van der Waals surface area (Å²) in [7, 11) is 0. The summed E-state index contributed by atoms with van der Waals surface area (Å²) >= 11 is 0. The van der Waals surface area contributed by atoms with Crippen molar-refractivity contribution in [2.75, 3.05) is 6.79 Å². The Morgan fingerprint density at radius 2 is 1.53 bits per heavy atom. The predicted octanol–water partition coefficient (Wildman–Crippen LogP) is 0.810. The van der Waals surface area contributed by atoms with E-state index in [1.807, 2.05) is 0 Å². The van der Waals surface area contributed by atoms with Gasteiger partial charge >= 0.3 is 17.9 Å². The lowest BCUT2D eigenvalue weighted by atomic mass is 9.71. The van der Waals surface area contributed by atoms with E-state index in [9.17, 15) is 19.2 Å². The monoisotopic (exact) mass is 419 g/mol. The maximum absolute atomic E-state index is 12.8. The second kappa shape index (κ2) is 7.51. The second-order valence-corrected chi connectivity index (χ2v) is 7.43. The number of rotatable bonds is 3. The molecule has 0 spiro atoms. The molecule has 1 saturated carbocycles. The molecule has 0 radical (unpaired) electrons. The van der Waals surface area contributed by atoms with Crippen LogP contribution < -0.4 is 14.8 Å². The van der Waals surface area contributed by atoms with Crippen LogP contribution in [0.5, 0.6) is 11.5 Å². The van der Waals surface area contributed by atoms with E-state index in [0.29, 0.717) is 22.6 Å². The summed E-state index contributed by atoms with van der Waals surface area (Å²) in [6.45, 7) is 3.71. The van der Waals surface area contributed by atoms with E-state index in [4.69, 9.17) is 23.7 Å². The van der Waals surface area contributed by atoms with Crippen LogP contribution in [0.25, 0.3) is 0 Å². The quantitative estimate of drug-likeness (QED) is 0.559. The van der Waals surface area contributed by atoms with Crippen LogP contribution in [-0.4, -0.2) is 55.0 Å². The molecule has 5 atom stereocenters. The van der Waals surface area contributed by atoms with Gasteiger partial charge in [0.1, 0.15) is 6.10 Å². The van der Waals surface area contributed by atoms with Gasteiger partial charge in [-0.15, -0.1) is 0 Å². The van der Waals surface area contributed by atoms with Crippen LogP contribution in [0.2, 0.25) is 0 Å². The highest BCUT2D eigenvalue weighted by Gasteiger charge is 2.53. The molecule has 1 fully saturated rings. The fourth-order valence-corrected chi connectivity index (χ4v) is 4.36. The van der Waals surface area contributed by atoms with Crippen LogP contribution in [0.4, 0.5) is 0 Å². The van der Waals surface area contributed by atoms with Crippen molar-refractivity contribution >= 4 is 23.8 Å². The zero-order valence-corrected chi connectivity index (χ0v) is 16.6. The first-order valence-electron chi connectivity index (χ1n) is 9.50. The van der Waals surface area contributed by atoms with Gasteiger partial charge in [0.15, 0.2) is 23.7 Å². The van der Waals surface area contributed by atoms with Crippen molar-refractivity contribution in [3.8, 4) is 11.5 Å². The van der Waals surface area contributed by atoms with E-state index >= 15 is 0 Å². The van der Waals surface area contributed by atoms with E-state index < -0.39 is 42.3 Å². The lowest BCUT2D eigenvalue weighted by Crippen LogP contribution is -2.63. The highest BCUT2D eigenvalue weighted by molar-refractivity contribution is 5.98. The average Bonchev–Trinajstić information content (AvgIpc) is 3.10. The van der Waals surface area contributed by atoms with Crippen LogP contribution in [0.3, 0.4) is 0 Å². The van der Waals surface area contributed by atoms with Crippen LogP contribution in [0.15, 0.2) is 12.1 Å². The number of esters is 3. The molecule has 4 rings (SSSR count). The molecule has 10 heteroatoms. The molecule has 10 nitrogen and oxygen atoms in total. The molecule has 2 heterocycles. The van der Waals surface area contributed by atoms with Crippen molar-refractivity contribution in [1.29, 1.82) is 0 Å². The first-order valence-corrected chi connectivity index (χ1v) is 9.50. The normalized spacial score (nSPS) is 28.5. The first kappa shape index (κ1) is 20.0. The van der Waals surface area contributed by atoms with Crippen molar-refractivity contribution in [2.24, 2.45) is 0 Å². The van der Waals surface area contributed by atoms with E-state index in [1.165, 1.54) is 20.8 Å². The number of amides is 1. The smallest absolute Gasteiger partial charge is 0.303 e. The molecule has 3 aliphatic rings. The third kappa shape index (κ3) is 3.53. The van der Waals surface area contributed by atoms with Gasteiger partial charge in [-0.25, -0.2) is 0 Å². The van der Waals surface area contributed by atoms with E-state index in [0.717, 1.165) is 0 Å². The average molecular weight is 419 g/mol. The predicted molar refractivity (Wildman–Crippen MR) is 97.8 cm³/mol. The topological polar surface area (TPSA) is 126 Å². The Labute approximate surface area is 171 Å². The molecule has 0 bridgehead atoms. The molecule has 1 aliphatic carbocycles. The summed E-state index contributed by atoms with van der Waals surface area (Å²) in [6.07, 6.45) is -2.73. The van der Waals surface area contributed by atoms with E-state index in [2.05, 4.69) is 5.32 Å². The molecule has 1 amide bonds. The summed E-state index contributed by atoms with van der Waals surface area (Å²) in [5.74, 6) is -1.62. The Bertz CT molecular complexity index is 927. The lowest BCUT2D eigenvalue weighted by molar-refractivity contribution is -0.194. The molecule has 1 aromatic rings. The first-order chi connectivity index (χ1) is 14.2. The fraction of sp³-hybridized carbons (Fsp3) is 0.500. The minimum atomic E-state index is -1.06. The highest BCUT2D eigenvalue weighted by Crippen LogP contribution is 2.45. The van der Waals surface area contributed by atoms with Crippen molar-refractivity contribution < 1.29 is 42.9 Å². The minimum Gasteiger partial charge on any atom is -0.458 e. The number of ether oxygens (including phenoxy) is 5. The van der Waals surface area contributed by atoms with Crippen molar-refractivity contribution in [3.05, 3.63) is 23.3 Å². The standard InChI is InChI=1S/C20H21NO9/c1-8(22)28-16-5-12-11-4-14-15(27-7-26-14)6-13(11)20(25)21-17(12)19(30-10(3)24)18(16)29-9(2)23/h4,6,12,16-19H,5,7H2,1-3H3,(H,21,25)/t12-,16+,17-,18-,19+/m1/s1. The summed E-state index contributed by atoms with van der Waals surface area (Å²) < 4.78 is 27.1.